The Morgan fingerprint density at radius 2 is 1.73 bits per heavy atom. The van der Waals surface area contributed by atoms with Crippen molar-refractivity contribution in [1.82, 2.24) is 9.55 Å². The molecule has 0 fully saturated rings. The third-order valence-corrected chi connectivity index (χ3v) is 4.17. The Morgan fingerprint density at radius 3 is 2.55 bits per heavy atom. The minimum absolute atomic E-state index is 0.642. The predicted octanol–water partition coefficient (Wildman–Crippen LogP) is 4.35. The number of fused-ring (bicyclic) bond motifs is 1. The molecule has 114 valence electrons. The summed E-state index contributed by atoms with van der Waals surface area (Å²) in [5.41, 5.74) is 7.20. The number of imidazole rings is 1. The molecule has 0 atom stereocenters. The monoisotopic (exact) mass is 294 g/mol. The lowest BCUT2D eigenvalue weighted by Gasteiger charge is -2.11. The molecule has 0 aliphatic rings. The van der Waals surface area contributed by atoms with Gasteiger partial charge >= 0.3 is 0 Å². The van der Waals surface area contributed by atoms with Crippen LogP contribution in [0, 0.1) is 27.7 Å². The quantitative estimate of drug-likeness (QED) is 0.715. The molecule has 2 aromatic carbocycles. The molecule has 0 aliphatic carbocycles. The van der Waals surface area contributed by atoms with Gasteiger partial charge in [0.15, 0.2) is 0 Å². The Labute approximate surface area is 131 Å². The summed E-state index contributed by atoms with van der Waals surface area (Å²) in [4.78, 5) is 4.49. The van der Waals surface area contributed by atoms with Crippen molar-refractivity contribution in [2.45, 2.75) is 34.2 Å². The molecule has 0 spiro atoms. The van der Waals surface area contributed by atoms with Gasteiger partial charge in [-0.2, -0.15) is 0 Å². The smallest absolute Gasteiger partial charge is 0.122 e. The first-order valence-corrected chi connectivity index (χ1v) is 7.67. The lowest BCUT2D eigenvalue weighted by atomic mass is 10.1. The van der Waals surface area contributed by atoms with Gasteiger partial charge in [-0.15, -0.1) is 0 Å². The molecule has 0 bridgehead atoms. The number of nitrogens with zero attached hydrogens (tertiary/aromatic N) is 2. The molecule has 0 radical (unpaired) electrons. The second-order valence-corrected chi connectivity index (χ2v) is 5.98. The normalized spacial score (nSPS) is 11.1. The molecule has 0 unspecified atom stereocenters. The van der Waals surface area contributed by atoms with Gasteiger partial charge in [0.2, 0.25) is 0 Å². The van der Waals surface area contributed by atoms with Crippen molar-refractivity contribution < 1.29 is 4.74 Å². The summed E-state index contributed by atoms with van der Waals surface area (Å²) < 4.78 is 8.10. The van der Waals surface area contributed by atoms with E-state index in [0.29, 0.717) is 6.61 Å². The summed E-state index contributed by atoms with van der Waals surface area (Å²) in [5.74, 6) is 0.969. The summed E-state index contributed by atoms with van der Waals surface area (Å²) in [7, 11) is 0. The van der Waals surface area contributed by atoms with E-state index in [1.54, 1.807) is 0 Å². The zero-order valence-electron chi connectivity index (χ0n) is 13.7. The zero-order valence-corrected chi connectivity index (χ0v) is 13.7. The van der Waals surface area contributed by atoms with E-state index in [9.17, 15) is 0 Å². The van der Waals surface area contributed by atoms with Gasteiger partial charge < -0.3 is 9.30 Å². The number of benzene rings is 2. The van der Waals surface area contributed by atoms with Crippen LogP contribution in [-0.4, -0.2) is 16.2 Å². The largest absolute Gasteiger partial charge is 0.491 e. The molecule has 0 saturated carbocycles. The van der Waals surface area contributed by atoms with Gasteiger partial charge in [0.1, 0.15) is 12.4 Å². The van der Waals surface area contributed by atoms with Crippen LogP contribution < -0.4 is 4.74 Å². The second-order valence-electron chi connectivity index (χ2n) is 5.98. The number of rotatable bonds is 4. The highest BCUT2D eigenvalue weighted by molar-refractivity contribution is 5.77. The van der Waals surface area contributed by atoms with Crippen LogP contribution in [-0.2, 0) is 6.54 Å². The number of hydrogen-bond acceptors (Lipinski definition) is 2. The lowest BCUT2D eigenvalue weighted by molar-refractivity contribution is 0.298. The maximum absolute atomic E-state index is 5.95. The molecule has 1 heterocycles. The van der Waals surface area contributed by atoms with Crippen molar-refractivity contribution in [2.75, 3.05) is 6.61 Å². The standard InChI is InChI=1S/C19H22N2O/c1-13-5-6-14(2)19(9-13)22-8-7-21-12-20-17-10-15(3)16(4)11-18(17)21/h5-6,9-12H,7-8H2,1-4H3. The summed E-state index contributed by atoms with van der Waals surface area (Å²) in [5, 5.41) is 0. The van der Waals surface area contributed by atoms with E-state index >= 15 is 0 Å². The fraction of sp³-hybridized carbons (Fsp3) is 0.316. The molecular formula is C19H22N2O. The molecule has 3 aromatic rings. The molecule has 3 nitrogen and oxygen atoms in total. The van der Waals surface area contributed by atoms with Gasteiger partial charge in [0, 0.05) is 0 Å². The van der Waals surface area contributed by atoms with Gasteiger partial charge in [-0.05, 0) is 68.1 Å². The van der Waals surface area contributed by atoms with Gasteiger partial charge in [-0.25, -0.2) is 4.98 Å². The minimum Gasteiger partial charge on any atom is -0.491 e. The SMILES string of the molecule is Cc1ccc(C)c(OCCn2cnc3cc(C)c(C)cc32)c1. The molecule has 1 aromatic heterocycles. The average molecular weight is 294 g/mol. The highest BCUT2D eigenvalue weighted by Gasteiger charge is 2.06. The highest BCUT2D eigenvalue weighted by Crippen LogP contribution is 2.20. The first-order chi connectivity index (χ1) is 10.5. The molecule has 0 aliphatic heterocycles. The molecule has 0 amide bonds. The van der Waals surface area contributed by atoms with Crippen LogP contribution in [0.5, 0.6) is 5.75 Å². The van der Waals surface area contributed by atoms with E-state index in [1.807, 2.05) is 6.33 Å². The lowest BCUT2D eigenvalue weighted by Crippen LogP contribution is -2.08. The minimum atomic E-state index is 0.642. The molecule has 3 rings (SSSR count). The van der Waals surface area contributed by atoms with E-state index in [1.165, 1.54) is 27.8 Å². The van der Waals surface area contributed by atoms with E-state index < -0.39 is 0 Å². The molecular weight excluding hydrogens is 272 g/mol. The fourth-order valence-corrected chi connectivity index (χ4v) is 2.61. The number of hydrogen-bond donors (Lipinski definition) is 0. The van der Waals surface area contributed by atoms with Gasteiger partial charge in [0.25, 0.3) is 0 Å². The number of aryl methyl sites for hydroxylation is 4. The molecule has 0 N–H and O–H groups in total. The van der Waals surface area contributed by atoms with Crippen LogP contribution >= 0.6 is 0 Å². The Hall–Kier alpha value is -2.29. The molecule has 3 heteroatoms. The summed E-state index contributed by atoms with van der Waals surface area (Å²) >= 11 is 0. The Morgan fingerprint density at radius 1 is 0.955 bits per heavy atom. The third-order valence-electron chi connectivity index (χ3n) is 4.17. The van der Waals surface area contributed by atoms with Crippen molar-refractivity contribution in [3.05, 3.63) is 58.9 Å². The van der Waals surface area contributed by atoms with E-state index in [0.717, 1.165) is 17.8 Å². The van der Waals surface area contributed by atoms with E-state index in [2.05, 4.69) is 67.6 Å². The third kappa shape index (κ3) is 2.84. The Bertz CT molecular complexity index is 818. The maximum Gasteiger partial charge on any atom is 0.122 e. The second kappa shape index (κ2) is 5.84. The first kappa shape index (κ1) is 14.6. The van der Waals surface area contributed by atoms with Gasteiger partial charge in [0.05, 0.1) is 23.9 Å². The van der Waals surface area contributed by atoms with Crippen LogP contribution in [0.4, 0.5) is 0 Å². The molecule has 0 saturated heterocycles. The Kier molecular flexibility index (Phi) is 3.88. The van der Waals surface area contributed by atoms with Crippen molar-refractivity contribution >= 4 is 11.0 Å². The van der Waals surface area contributed by atoms with Crippen LogP contribution in [0.1, 0.15) is 22.3 Å². The fourth-order valence-electron chi connectivity index (χ4n) is 2.61. The summed E-state index contributed by atoms with van der Waals surface area (Å²) in [6, 6.07) is 10.7. The van der Waals surface area contributed by atoms with E-state index in [4.69, 9.17) is 4.74 Å². The Balaban J connectivity index is 1.74. The van der Waals surface area contributed by atoms with Crippen molar-refractivity contribution in [2.24, 2.45) is 0 Å². The maximum atomic E-state index is 5.95. The number of aromatic nitrogens is 2. The van der Waals surface area contributed by atoms with Crippen LogP contribution in [0.3, 0.4) is 0 Å². The van der Waals surface area contributed by atoms with Crippen LogP contribution in [0.2, 0.25) is 0 Å². The zero-order chi connectivity index (χ0) is 15.7. The van der Waals surface area contributed by atoms with Gasteiger partial charge in [-0.3, -0.25) is 0 Å². The van der Waals surface area contributed by atoms with E-state index in [-0.39, 0.29) is 0 Å². The van der Waals surface area contributed by atoms with Crippen molar-refractivity contribution in [1.29, 1.82) is 0 Å². The van der Waals surface area contributed by atoms with Crippen molar-refractivity contribution in [3.8, 4) is 5.75 Å². The van der Waals surface area contributed by atoms with Crippen LogP contribution in [0.25, 0.3) is 11.0 Å². The average Bonchev–Trinajstić information content (AvgIpc) is 2.86. The molecule has 22 heavy (non-hydrogen) atoms. The van der Waals surface area contributed by atoms with Crippen molar-refractivity contribution in [3.63, 3.8) is 0 Å². The topological polar surface area (TPSA) is 27.1 Å². The number of ether oxygens (including phenoxy) is 1. The predicted molar refractivity (Wildman–Crippen MR) is 90.6 cm³/mol. The summed E-state index contributed by atoms with van der Waals surface area (Å²) in [6.45, 7) is 9.86. The first-order valence-electron chi connectivity index (χ1n) is 7.67. The summed E-state index contributed by atoms with van der Waals surface area (Å²) in [6.07, 6.45) is 1.90. The highest BCUT2D eigenvalue weighted by atomic mass is 16.5. The van der Waals surface area contributed by atoms with Gasteiger partial charge in [-0.1, -0.05) is 12.1 Å². The van der Waals surface area contributed by atoms with Crippen LogP contribution in [0.15, 0.2) is 36.7 Å².